The molecule has 0 aromatic carbocycles. The molecule has 3 nitrogen and oxygen atoms in total. The maximum atomic E-state index is 12.1. The molecule has 0 saturated heterocycles. The highest BCUT2D eigenvalue weighted by atomic mass is 127. The van der Waals surface area contributed by atoms with Gasteiger partial charge in [-0.2, -0.15) is 0 Å². The summed E-state index contributed by atoms with van der Waals surface area (Å²) < 4.78 is 46.1. The average Bonchev–Trinajstić information content (AvgIpc) is 2.01. The number of aromatic nitrogens is 1. The van der Waals surface area contributed by atoms with E-state index in [1.165, 1.54) is 0 Å². The molecule has 0 unspecified atom stereocenters. The molecule has 78 valence electrons. The lowest BCUT2D eigenvalue weighted by Gasteiger charge is -2.02. The van der Waals surface area contributed by atoms with E-state index in [0.29, 0.717) is 0 Å². The summed E-state index contributed by atoms with van der Waals surface area (Å²) in [5, 5.41) is 0. The summed E-state index contributed by atoms with van der Waals surface area (Å²) in [5.41, 5.74) is -0.474. The normalized spacial score (nSPS) is 12.1. The molecule has 0 fully saturated rings. The maximum absolute atomic E-state index is 12.1. The van der Waals surface area contributed by atoms with Crippen LogP contribution in [0.1, 0.15) is 12.1 Å². The highest BCUT2D eigenvalue weighted by molar-refractivity contribution is 14.1. The van der Waals surface area contributed by atoms with Crippen LogP contribution in [-0.2, 0) is 9.05 Å². The molecule has 1 aromatic heterocycles. The summed E-state index contributed by atoms with van der Waals surface area (Å²) in [7, 11) is 1.12. The number of pyridine rings is 1. The lowest BCUT2D eigenvalue weighted by atomic mass is 10.4. The number of hydrogen-bond acceptors (Lipinski definition) is 3. The zero-order valence-electron chi connectivity index (χ0n) is 6.42. The van der Waals surface area contributed by atoms with E-state index in [0.717, 1.165) is 12.3 Å². The number of alkyl halides is 2. The van der Waals surface area contributed by atoms with Gasteiger partial charge in [-0.1, -0.05) is 0 Å². The van der Waals surface area contributed by atoms with Crippen molar-refractivity contribution in [3.05, 3.63) is 21.5 Å². The van der Waals surface area contributed by atoms with Crippen molar-refractivity contribution < 1.29 is 17.2 Å². The molecule has 1 heterocycles. The highest BCUT2D eigenvalue weighted by Crippen LogP contribution is 2.25. The fourth-order valence-corrected chi connectivity index (χ4v) is 3.29. The first kappa shape index (κ1) is 12.1. The SMILES string of the molecule is O=S(=O)(Cl)c1cnc(C(F)F)cc1I. The lowest BCUT2D eigenvalue weighted by molar-refractivity contribution is 0.146. The maximum Gasteiger partial charge on any atom is 0.280 e. The highest BCUT2D eigenvalue weighted by Gasteiger charge is 2.18. The van der Waals surface area contributed by atoms with Gasteiger partial charge >= 0.3 is 0 Å². The van der Waals surface area contributed by atoms with Crippen LogP contribution < -0.4 is 0 Å². The van der Waals surface area contributed by atoms with Gasteiger partial charge in [0.05, 0.1) is 0 Å². The van der Waals surface area contributed by atoms with Crippen molar-refractivity contribution in [2.45, 2.75) is 11.3 Å². The van der Waals surface area contributed by atoms with Crippen molar-refractivity contribution in [1.82, 2.24) is 4.98 Å². The van der Waals surface area contributed by atoms with Crippen LogP contribution in [0, 0.1) is 3.57 Å². The summed E-state index contributed by atoms with van der Waals surface area (Å²) in [4.78, 5) is 3.03. The van der Waals surface area contributed by atoms with E-state index in [1.807, 2.05) is 0 Å². The Balaban J connectivity index is 3.28. The number of rotatable bonds is 2. The van der Waals surface area contributed by atoms with Crippen LogP contribution in [0.5, 0.6) is 0 Å². The Labute approximate surface area is 97.0 Å². The first-order valence-corrected chi connectivity index (χ1v) is 6.59. The average molecular weight is 354 g/mol. The van der Waals surface area contributed by atoms with Gasteiger partial charge in [0.2, 0.25) is 0 Å². The first-order valence-electron chi connectivity index (χ1n) is 3.20. The van der Waals surface area contributed by atoms with Crippen molar-refractivity contribution in [1.29, 1.82) is 0 Å². The Morgan fingerprint density at radius 2 is 2.07 bits per heavy atom. The summed E-state index contributed by atoms with van der Waals surface area (Å²) in [6.07, 6.45) is -1.90. The third kappa shape index (κ3) is 2.74. The van der Waals surface area contributed by atoms with Gasteiger partial charge < -0.3 is 0 Å². The van der Waals surface area contributed by atoms with E-state index in [1.54, 1.807) is 22.6 Å². The minimum atomic E-state index is -3.92. The Morgan fingerprint density at radius 3 is 2.43 bits per heavy atom. The summed E-state index contributed by atoms with van der Waals surface area (Å²) in [5.74, 6) is 0. The topological polar surface area (TPSA) is 47.0 Å². The predicted octanol–water partition coefficient (Wildman–Crippen LogP) is 2.55. The molecule has 0 aliphatic rings. The standard InChI is InChI=1S/C6H3ClF2INO2S/c7-14(12,13)5-2-11-4(6(8)9)1-3(5)10/h1-2,6H. The Bertz CT molecular complexity index is 451. The number of halogens is 4. The number of hydrogen-bond donors (Lipinski definition) is 0. The van der Waals surface area contributed by atoms with Gasteiger partial charge in [-0.05, 0) is 28.7 Å². The second-order valence-corrected chi connectivity index (χ2v) is 5.97. The summed E-state index contributed by atoms with van der Waals surface area (Å²) in [6.45, 7) is 0. The van der Waals surface area contributed by atoms with Crippen LogP contribution in [0.4, 0.5) is 8.78 Å². The third-order valence-electron chi connectivity index (χ3n) is 1.33. The van der Waals surface area contributed by atoms with Gasteiger partial charge in [-0.25, -0.2) is 17.2 Å². The molecule has 0 amide bonds. The van der Waals surface area contributed by atoms with Gasteiger partial charge in [0, 0.05) is 20.4 Å². The summed E-state index contributed by atoms with van der Waals surface area (Å²) >= 11 is 1.61. The minimum Gasteiger partial charge on any atom is -0.254 e. The van der Waals surface area contributed by atoms with Crippen LogP contribution in [0.15, 0.2) is 17.2 Å². The molecule has 1 aromatic rings. The molecule has 8 heteroatoms. The zero-order chi connectivity index (χ0) is 10.9. The van der Waals surface area contributed by atoms with Crippen molar-refractivity contribution in [2.75, 3.05) is 0 Å². The first-order chi connectivity index (χ1) is 6.32. The molecule has 0 spiro atoms. The van der Waals surface area contributed by atoms with Crippen molar-refractivity contribution in [3.8, 4) is 0 Å². The Hall–Kier alpha value is -0.0200. The van der Waals surface area contributed by atoms with E-state index in [9.17, 15) is 17.2 Å². The molecule has 1 rings (SSSR count). The van der Waals surface area contributed by atoms with Gasteiger partial charge in [0.1, 0.15) is 10.6 Å². The second kappa shape index (κ2) is 4.23. The van der Waals surface area contributed by atoms with Gasteiger partial charge in [-0.3, -0.25) is 4.98 Å². The van der Waals surface area contributed by atoms with Crippen molar-refractivity contribution in [2.24, 2.45) is 0 Å². The summed E-state index contributed by atoms with van der Waals surface area (Å²) in [6, 6.07) is 0.987. The molecule has 14 heavy (non-hydrogen) atoms. The largest absolute Gasteiger partial charge is 0.280 e. The van der Waals surface area contributed by atoms with Crippen LogP contribution >= 0.6 is 33.3 Å². The van der Waals surface area contributed by atoms with Crippen LogP contribution in [0.25, 0.3) is 0 Å². The monoisotopic (exact) mass is 353 g/mol. The van der Waals surface area contributed by atoms with E-state index in [2.05, 4.69) is 4.98 Å². The molecule has 0 aliphatic carbocycles. The van der Waals surface area contributed by atoms with Gasteiger partial charge in [0.15, 0.2) is 0 Å². The molecular weight excluding hydrogens is 350 g/mol. The van der Waals surface area contributed by atoms with Crippen LogP contribution in [0.2, 0.25) is 0 Å². The minimum absolute atomic E-state index is 0.128. The Morgan fingerprint density at radius 1 is 1.50 bits per heavy atom. The van der Waals surface area contributed by atoms with E-state index in [4.69, 9.17) is 10.7 Å². The smallest absolute Gasteiger partial charge is 0.254 e. The van der Waals surface area contributed by atoms with Crippen LogP contribution in [-0.4, -0.2) is 13.4 Å². The van der Waals surface area contributed by atoms with E-state index in [-0.39, 0.29) is 8.47 Å². The van der Waals surface area contributed by atoms with E-state index >= 15 is 0 Å². The molecule has 0 bridgehead atoms. The van der Waals surface area contributed by atoms with Gasteiger partial charge in [-0.15, -0.1) is 0 Å². The molecule has 0 radical (unpaired) electrons. The molecular formula is C6H3ClF2INO2S. The Kier molecular flexibility index (Phi) is 3.64. The molecule has 0 N–H and O–H groups in total. The fraction of sp³-hybridized carbons (Fsp3) is 0.167. The van der Waals surface area contributed by atoms with Gasteiger partial charge in [0.25, 0.3) is 15.5 Å². The van der Waals surface area contributed by atoms with Crippen molar-refractivity contribution >= 4 is 42.3 Å². The quantitative estimate of drug-likeness (QED) is 0.606. The fourth-order valence-electron chi connectivity index (χ4n) is 0.732. The second-order valence-electron chi connectivity index (χ2n) is 2.28. The molecule has 0 atom stereocenters. The predicted molar refractivity (Wildman–Crippen MR) is 54.9 cm³/mol. The molecule has 0 aliphatic heterocycles. The molecule has 0 saturated carbocycles. The number of nitrogens with zero attached hydrogens (tertiary/aromatic N) is 1. The van der Waals surface area contributed by atoms with E-state index < -0.39 is 21.2 Å². The van der Waals surface area contributed by atoms with Crippen molar-refractivity contribution in [3.63, 3.8) is 0 Å². The van der Waals surface area contributed by atoms with Crippen LogP contribution in [0.3, 0.4) is 0 Å². The lowest BCUT2D eigenvalue weighted by Crippen LogP contribution is -1.99. The zero-order valence-corrected chi connectivity index (χ0v) is 10.1. The third-order valence-corrected chi connectivity index (χ3v) is 3.94.